The first-order chi connectivity index (χ1) is 23.1. The smallest absolute Gasteiger partial charge is 0.251 e. The molecule has 0 spiro atoms. The first kappa shape index (κ1) is 35.2. The molecular weight excluding hydrogens is 592 g/mol. The van der Waals surface area contributed by atoms with Gasteiger partial charge in [-0.1, -0.05) is 96.3 Å². The fourth-order valence-electron chi connectivity index (χ4n) is 11.5. The molecule has 4 aliphatic rings. The minimum atomic E-state index is 0.0179. The fraction of sp³-hybridized carbons (Fsp3) is 0.674. The SMILES string of the molecule is CC(C)CCC[C@@H](C)[C@H]1CC[C@H]2[C@@H]3CCC4CC(NC(=O)c5ccc(CN(C=O)OCc6ccccc6)cc5)CC[C@]4(C)[C@H]3CC[C@]12C. The van der Waals surface area contributed by atoms with Crippen molar-refractivity contribution in [1.82, 2.24) is 10.4 Å². The Hall–Kier alpha value is -2.66. The Labute approximate surface area is 290 Å². The number of amides is 2. The number of hydroxylamine groups is 2. The maximum absolute atomic E-state index is 13.4. The van der Waals surface area contributed by atoms with Crippen LogP contribution in [0.3, 0.4) is 0 Å². The van der Waals surface area contributed by atoms with E-state index < -0.39 is 0 Å². The molecule has 2 aromatic rings. The van der Waals surface area contributed by atoms with Crippen LogP contribution < -0.4 is 5.32 Å². The lowest BCUT2D eigenvalue weighted by Gasteiger charge is -2.61. The van der Waals surface area contributed by atoms with Gasteiger partial charge in [0, 0.05) is 11.6 Å². The lowest BCUT2D eigenvalue weighted by molar-refractivity contribution is -0.181. The van der Waals surface area contributed by atoms with E-state index in [0.717, 1.165) is 59.5 Å². The van der Waals surface area contributed by atoms with Crippen molar-refractivity contribution < 1.29 is 14.4 Å². The molecule has 5 nitrogen and oxygen atoms in total. The summed E-state index contributed by atoms with van der Waals surface area (Å²) >= 11 is 0. The molecule has 262 valence electrons. The number of nitrogens with one attached hydrogen (secondary N) is 1. The van der Waals surface area contributed by atoms with E-state index in [1.54, 1.807) is 0 Å². The average molecular weight is 655 g/mol. The highest BCUT2D eigenvalue weighted by Gasteiger charge is 2.60. The Balaban J connectivity index is 1.00. The number of benzene rings is 2. The molecule has 2 amide bonds. The first-order valence-corrected chi connectivity index (χ1v) is 19.4. The van der Waals surface area contributed by atoms with Crippen molar-refractivity contribution in [3.63, 3.8) is 0 Å². The summed E-state index contributed by atoms with van der Waals surface area (Å²) in [5.41, 5.74) is 3.58. The summed E-state index contributed by atoms with van der Waals surface area (Å²) in [6, 6.07) is 17.7. The first-order valence-electron chi connectivity index (χ1n) is 19.4. The molecule has 5 heteroatoms. The van der Waals surface area contributed by atoms with Gasteiger partial charge in [-0.2, -0.15) is 0 Å². The van der Waals surface area contributed by atoms with E-state index >= 15 is 0 Å². The second-order valence-electron chi connectivity index (χ2n) is 17.3. The van der Waals surface area contributed by atoms with E-state index in [9.17, 15) is 9.59 Å². The minimum absolute atomic E-state index is 0.0179. The number of rotatable bonds is 13. The number of carbonyl (C=O) groups is 2. The van der Waals surface area contributed by atoms with Crippen LogP contribution in [0.1, 0.15) is 133 Å². The van der Waals surface area contributed by atoms with Crippen LogP contribution in [0, 0.1) is 52.3 Å². The van der Waals surface area contributed by atoms with E-state index in [1.165, 1.54) is 69.3 Å². The fourth-order valence-corrected chi connectivity index (χ4v) is 11.5. The molecule has 2 unspecified atom stereocenters. The van der Waals surface area contributed by atoms with E-state index in [0.29, 0.717) is 41.9 Å². The van der Waals surface area contributed by atoms with Crippen molar-refractivity contribution in [1.29, 1.82) is 0 Å². The second-order valence-corrected chi connectivity index (χ2v) is 17.3. The zero-order valence-electron chi connectivity index (χ0n) is 30.5. The minimum Gasteiger partial charge on any atom is -0.349 e. The third kappa shape index (κ3) is 7.42. The Bertz CT molecular complexity index is 1360. The molecule has 4 fully saturated rings. The summed E-state index contributed by atoms with van der Waals surface area (Å²) in [5, 5.41) is 4.73. The lowest BCUT2D eigenvalue weighted by atomic mass is 9.44. The van der Waals surface area contributed by atoms with Crippen molar-refractivity contribution in [2.24, 2.45) is 52.3 Å². The third-order valence-electron chi connectivity index (χ3n) is 14.1. The van der Waals surface area contributed by atoms with Gasteiger partial charge in [0.15, 0.2) is 0 Å². The monoisotopic (exact) mass is 654 g/mol. The van der Waals surface area contributed by atoms with Crippen LogP contribution in [0.4, 0.5) is 0 Å². The molecule has 0 saturated heterocycles. The second kappa shape index (κ2) is 15.1. The predicted molar refractivity (Wildman–Crippen MR) is 194 cm³/mol. The van der Waals surface area contributed by atoms with Gasteiger partial charge in [-0.25, -0.2) is 5.06 Å². The molecule has 2 aromatic carbocycles. The highest BCUT2D eigenvalue weighted by atomic mass is 16.7. The van der Waals surface area contributed by atoms with Crippen LogP contribution in [0.25, 0.3) is 0 Å². The van der Waals surface area contributed by atoms with Crippen LogP contribution in [0.15, 0.2) is 54.6 Å². The molecule has 0 aromatic heterocycles. The van der Waals surface area contributed by atoms with E-state index in [4.69, 9.17) is 4.84 Å². The molecule has 6 rings (SSSR count). The summed E-state index contributed by atoms with van der Waals surface area (Å²) < 4.78 is 0. The highest BCUT2D eigenvalue weighted by molar-refractivity contribution is 5.94. The van der Waals surface area contributed by atoms with Gasteiger partial charge in [-0.15, -0.1) is 0 Å². The summed E-state index contributed by atoms with van der Waals surface area (Å²) in [4.78, 5) is 30.7. The van der Waals surface area contributed by atoms with E-state index in [2.05, 4.69) is 39.9 Å². The Morgan fingerprint density at radius 1 is 0.875 bits per heavy atom. The number of fused-ring (bicyclic) bond motifs is 5. The molecule has 9 atom stereocenters. The molecule has 48 heavy (non-hydrogen) atoms. The summed E-state index contributed by atoms with van der Waals surface area (Å²) in [6.07, 6.45) is 16.8. The predicted octanol–water partition coefficient (Wildman–Crippen LogP) is 10.00. The Morgan fingerprint density at radius 3 is 2.33 bits per heavy atom. The summed E-state index contributed by atoms with van der Waals surface area (Å²) in [7, 11) is 0. The van der Waals surface area contributed by atoms with E-state index in [1.807, 2.05) is 54.6 Å². The molecule has 1 N–H and O–H groups in total. The number of nitrogens with zero attached hydrogens (tertiary/aromatic N) is 1. The highest BCUT2D eigenvalue weighted by Crippen LogP contribution is 2.68. The van der Waals surface area contributed by atoms with Crippen LogP contribution in [-0.4, -0.2) is 23.4 Å². The maximum Gasteiger partial charge on any atom is 0.251 e. The van der Waals surface area contributed by atoms with Crippen molar-refractivity contribution in [2.75, 3.05) is 0 Å². The lowest BCUT2D eigenvalue weighted by Crippen LogP contribution is -2.55. The normalized spacial score (nSPS) is 33.3. The van der Waals surface area contributed by atoms with Gasteiger partial charge in [0.2, 0.25) is 6.41 Å². The van der Waals surface area contributed by atoms with Crippen molar-refractivity contribution >= 4 is 12.3 Å². The average Bonchev–Trinajstić information content (AvgIpc) is 3.44. The molecular formula is C43H62N2O3. The third-order valence-corrected chi connectivity index (χ3v) is 14.1. The van der Waals surface area contributed by atoms with Crippen LogP contribution in [-0.2, 0) is 22.8 Å². The van der Waals surface area contributed by atoms with Gasteiger partial charge < -0.3 is 5.32 Å². The van der Waals surface area contributed by atoms with Crippen molar-refractivity contribution in [3.8, 4) is 0 Å². The Morgan fingerprint density at radius 2 is 1.60 bits per heavy atom. The Kier molecular flexibility index (Phi) is 11.0. The maximum atomic E-state index is 13.4. The number of hydrogen-bond donors (Lipinski definition) is 1. The molecule has 0 radical (unpaired) electrons. The molecule has 4 saturated carbocycles. The standard InChI is InChI=1S/C43H62N2O3/c1-30(2)10-9-11-31(3)38-20-21-39-37-19-18-35-26-36(22-24-42(35,4)40(37)23-25-43(38,39)5)44-41(47)34-16-14-32(15-17-34)27-45(29-46)48-28-33-12-7-6-8-13-33/h6-8,12-17,29-31,35-40H,9-11,18-28H2,1-5H3,(H,44,47)/t31-,35?,36?,37+,38-,39+,40+,42+,43-/m1/s1. The largest absolute Gasteiger partial charge is 0.349 e. The van der Waals surface area contributed by atoms with Gasteiger partial charge in [-0.3, -0.25) is 14.4 Å². The quantitative estimate of drug-likeness (QED) is 0.173. The zero-order valence-corrected chi connectivity index (χ0v) is 30.5. The van der Waals surface area contributed by atoms with Gasteiger partial charge in [0.05, 0.1) is 6.54 Å². The van der Waals surface area contributed by atoms with Gasteiger partial charge >= 0.3 is 0 Å². The van der Waals surface area contributed by atoms with Crippen LogP contribution in [0.5, 0.6) is 0 Å². The van der Waals surface area contributed by atoms with Crippen LogP contribution >= 0.6 is 0 Å². The van der Waals surface area contributed by atoms with Crippen LogP contribution in [0.2, 0.25) is 0 Å². The van der Waals surface area contributed by atoms with Gasteiger partial charge in [0.1, 0.15) is 6.61 Å². The van der Waals surface area contributed by atoms with Crippen molar-refractivity contribution in [3.05, 3.63) is 71.3 Å². The zero-order chi connectivity index (χ0) is 33.9. The van der Waals surface area contributed by atoms with Gasteiger partial charge in [0.25, 0.3) is 5.91 Å². The molecule has 0 bridgehead atoms. The number of hydrogen-bond acceptors (Lipinski definition) is 3. The molecule has 4 aliphatic carbocycles. The molecule has 0 heterocycles. The summed E-state index contributed by atoms with van der Waals surface area (Å²) in [6.45, 7) is 13.3. The van der Waals surface area contributed by atoms with E-state index in [-0.39, 0.29) is 11.9 Å². The van der Waals surface area contributed by atoms with Gasteiger partial charge in [-0.05, 0) is 133 Å². The molecule has 0 aliphatic heterocycles. The van der Waals surface area contributed by atoms with Crippen molar-refractivity contribution in [2.45, 2.75) is 131 Å². The number of carbonyl (C=O) groups excluding carboxylic acids is 2. The summed E-state index contributed by atoms with van der Waals surface area (Å²) in [5.74, 6) is 6.01. The topological polar surface area (TPSA) is 58.6 Å².